The number of carbonyl (C=O) groups excluding carboxylic acids is 1. The van der Waals surface area contributed by atoms with E-state index in [9.17, 15) is 4.79 Å². The van der Waals surface area contributed by atoms with E-state index in [1.54, 1.807) is 34.9 Å². The minimum absolute atomic E-state index is 0.494. The van der Waals surface area contributed by atoms with Crippen molar-refractivity contribution in [3.63, 3.8) is 0 Å². The monoisotopic (exact) mass is 286 g/mol. The Labute approximate surface area is 120 Å². The molecule has 0 fully saturated rings. The summed E-state index contributed by atoms with van der Waals surface area (Å²) in [6.07, 6.45) is 4.11. The van der Waals surface area contributed by atoms with Gasteiger partial charge in [-0.1, -0.05) is 23.7 Å². The lowest BCUT2D eigenvalue weighted by Gasteiger charge is -2.03. The maximum absolute atomic E-state index is 11.2. The zero-order chi connectivity index (χ0) is 14.1. The summed E-state index contributed by atoms with van der Waals surface area (Å²) in [7, 11) is 1.80. The number of aryl methyl sites for hydroxylation is 1. The average molecular weight is 287 g/mol. The highest BCUT2D eigenvalue weighted by atomic mass is 35.5. The molecule has 0 atom stereocenters. The van der Waals surface area contributed by atoms with E-state index in [0.717, 1.165) is 17.7 Å². The van der Waals surface area contributed by atoms with Crippen LogP contribution in [0.15, 0.2) is 42.7 Å². The number of rotatable bonds is 3. The molecule has 0 radical (unpaired) electrons. The van der Waals surface area contributed by atoms with Gasteiger partial charge in [0.1, 0.15) is 5.69 Å². The van der Waals surface area contributed by atoms with Gasteiger partial charge in [-0.05, 0) is 18.2 Å². The van der Waals surface area contributed by atoms with Gasteiger partial charge in [-0.15, -0.1) is 0 Å². The first-order valence-electron chi connectivity index (χ1n) is 5.99. The fourth-order valence-corrected chi connectivity index (χ4v) is 2.26. The van der Waals surface area contributed by atoms with Crippen LogP contribution in [0.1, 0.15) is 10.4 Å². The third kappa shape index (κ3) is 2.02. The third-order valence-corrected chi connectivity index (χ3v) is 3.35. The molecule has 0 aliphatic rings. The van der Waals surface area contributed by atoms with E-state index in [1.807, 2.05) is 24.3 Å². The fourth-order valence-electron chi connectivity index (χ4n) is 2.04. The summed E-state index contributed by atoms with van der Waals surface area (Å²) in [5.41, 5.74) is 2.58. The van der Waals surface area contributed by atoms with E-state index in [-0.39, 0.29) is 0 Å². The summed E-state index contributed by atoms with van der Waals surface area (Å²) >= 11 is 6.15. The third-order valence-electron chi connectivity index (χ3n) is 3.03. The van der Waals surface area contributed by atoms with Crippen LogP contribution in [-0.4, -0.2) is 25.8 Å². The van der Waals surface area contributed by atoms with Gasteiger partial charge in [-0.3, -0.25) is 9.48 Å². The van der Waals surface area contributed by atoms with Gasteiger partial charge in [0.15, 0.2) is 6.29 Å². The van der Waals surface area contributed by atoms with E-state index in [0.29, 0.717) is 16.3 Å². The van der Waals surface area contributed by atoms with Crippen LogP contribution in [-0.2, 0) is 7.05 Å². The molecule has 0 saturated heterocycles. The number of hydrogen-bond donors (Lipinski definition) is 0. The Morgan fingerprint density at radius 2 is 2.05 bits per heavy atom. The molecule has 0 amide bonds. The van der Waals surface area contributed by atoms with Gasteiger partial charge >= 0.3 is 0 Å². The van der Waals surface area contributed by atoms with Crippen LogP contribution in [0.4, 0.5) is 0 Å². The average Bonchev–Trinajstić information content (AvgIpc) is 3.04. The number of benzene rings is 1. The maximum atomic E-state index is 11.2. The fraction of sp³-hybridized carbons (Fsp3) is 0.0714. The second-order valence-electron chi connectivity index (χ2n) is 4.29. The molecule has 0 aliphatic carbocycles. The van der Waals surface area contributed by atoms with E-state index in [1.165, 1.54) is 0 Å². The number of nitrogens with zero attached hydrogens (tertiary/aromatic N) is 4. The predicted molar refractivity (Wildman–Crippen MR) is 76.2 cm³/mol. The number of halogens is 1. The molecule has 2 aromatic heterocycles. The molecule has 20 heavy (non-hydrogen) atoms. The SMILES string of the molecule is Cn1nccc1-c1nn(-c2ccccc2Cl)cc1C=O. The molecule has 0 bridgehead atoms. The van der Waals surface area contributed by atoms with Gasteiger partial charge < -0.3 is 0 Å². The van der Waals surface area contributed by atoms with Crippen LogP contribution in [0.25, 0.3) is 17.1 Å². The molecule has 0 unspecified atom stereocenters. The van der Waals surface area contributed by atoms with Crippen molar-refractivity contribution in [2.45, 2.75) is 0 Å². The molecule has 100 valence electrons. The highest BCUT2D eigenvalue weighted by Crippen LogP contribution is 2.24. The van der Waals surface area contributed by atoms with Crippen LogP contribution in [0.3, 0.4) is 0 Å². The summed E-state index contributed by atoms with van der Waals surface area (Å²) in [5, 5.41) is 9.12. The van der Waals surface area contributed by atoms with Crippen molar-refractivity contribution >= 4 is 17.9 Å². The molecule has 6 heteroatoms. The van der Waals surface area contributed by atoms with Gasteiger partial charge in [0, 0.05) is 19.4 Å². The first kappa shape index (κ1) is 12.6. The largest absolute Gasteiger partial charge is 0.298 e. The molecular weight excluding hydrogens is 276 g/mol. The zero-order valence-electron chi connectivity index (χ0n) is 10.7. The van der Waals surface area contributed by atoms with Crippen LogP contribution < -0.4 is 0 Å². The zero-order valence-corrected chi connectivity index (χ0v) is 11.4. The smallest absolute Gasteiger partial charge is 0.153 e. The minimum atomic E-state index is 0.494. The van der Waals surface area contributed by atoms with E-state index < -0.39 is 0 Å². The van der Waals surface area contributed by atoms with E-state index in [2.05, 4.69) is 10.2 Å². The molecular formula is C14H11ClN4O. The Bertz CT molecular complexity index is 775. The molecule has 0 saturated carbocycles. The summed E-state index contributed by atoms with van der Waals surface area (Å²) in [5.74, 6) is 0. The van der Waals surface area contributed by atoms with Crippen molar-refractivity contribution in [3.8, 4) is 17.1 Å². The van der Waals surface area contributed by atoms with Crippen LogP contribution >= 0.6 is 11.6 Å². The predicted octanol–water partition coefficient (Wildman–Crippen LogP) is 2.74. The lowest BCUT2D eigenvalue weighted by Crippen LogP contribution is -1.98. The lowest BCUT2D eigenvalue weighted by atomic mass is 10.2. The molecule has 5 nitrogen and oxygen atoms in total. The Morgan fingerprint density at radius 1 is 1.25 bits per heavy atom. The number of para-hydroxylation sites is 1. The second-order valence-corrected chi connectivity index (χ2v) is 4.69. The van der Waals surface area contributed by atoms with Gasteiger partial charge in [-0.25, -0.2) is 4.68 Å². The van der Waals surface area contributed by atoms with Crippen LogP contribution in [0, 0.1) is 0 Å². The van der Waals surface area contributed by atoms with Crippen molar-refractivity contribution in [2.24, 2.45) is 7.05 Å². The summed E-state index contributed by atoms with van der Waals surface area (Å²) in [4.78, 5) is 11.2. The Hall–Kier alpha value is -2.40. The first-order valence-corrected chi connectivity index (χ1v) is 6.36. The minimum Gasteiger partial charge on any atom is -0.298 e. The summed E-state index contributed by atoms with van der Waals surface area (Å²) in [6, 6.07) is 9.15. The molecule has 0 spiro atoms. The highest BCUT2D eigenvalue weighted by molar-refractivity contribution is 6.32. The van der Waals surface area contributed by atoms with Gasteiger partial charge in [0.25, 0.3) is 0 Å². The molecule has 0 aliphatic heterocycles. The number of hydrogen-bond acceptors (Lipinski definition) is 3. The summed E-state index contributed by atoms with van der Waals surface area (Å²) < 4.78 is 3.28. The van der Waals surface area contributed by atoms with E-state index in [4.69, 9.17) is 11.6 Å². The highest BCUT2D eigenvalue weighted by Gasteiger charge is 2.15. The topological polar surface area (TPSA) is 52.7 Å². The van der Waals surface area contributed by atoms with Crippen molar-refractivity contribution in [1.29, 1.82) is 0 Å². The van der Waals surface area contributed by atoms with Gasteiger partial charge in [0.2, 0.25) is 0 Å². The number of aldehydes is 1. The lowest BCUT2D eigenvalue weighted by molar-refractivity contribution is 0.112. The Morgan fingerprint density at radius 3 is 2.70 bits per heavy atom. The Balaban J connectivity index is 2.17. The van der Waals surface area contributed by atoms with Gasteiger partial charge in [0.05, 0.1) is 22.0 Å². The first-order chi connectivity index (χ1) is 9.70. The standard InChI is InChI=1S/C14H11ClN4O/c1-18-13(6-7-16-18)14-10(9-20)8-19(17-14)12-5-3-2-4-11(12)15/h2-9H,1H3. The van der Waals surface area contributed by atoms with Crippen molar-refractivity contribution < 1.29 is 4.79 Å². The summed E-state index contributed by atoms with van der Waals surface area (Å²) in [6.45, 7) is 0. The normalized spacial score (nSPS) is 10.7. The molecule has 3 aromatic rings. The maximum Gasteiger partial charge on any atom is 0.153 e. The number of aromatic nitrogens is 4. The van der Waals surface area contributed by atoms with Crippen molar-refractivity contribution in [2.75, 3.05) is 0 Å². The molecule has 1 aromatic carbocycles. The molecule has 0 N–H and O–H groups in total. The van der Waals surface area contributed by atoms with Gasteiger partial charge in [-0.2, -0.15) is 10.2 Å². The van der Waals surface area contributed by atoms with Crippen LogP contribution in [0.2, 0.25) is 5.02 Å². The van der Waals surface area contributed by atoms with Crippen molar-refractivity contribution in [3.05, 3.63) is 53.3 Å². The van der Waals surface area contributed by atoms with Crippen molar-refractivity contribution in [1.82, 2.24) is 19.6 Å². The quantitative estimate of drug-likeness (QED) is 0.696. The molecule has 3 rings (SSSR count). The number of carbonyl (C=O) groups is 1. The van der Waals surface area contributed by atoms with Crippen LogP contribution in [0.5, 0.6) is 0 Å². The Kier molecular flexibility index (Phi) is 3.12. The molecule has 2 heterocycles. The van der Waals surface area contributed by atoms with E-state index >= 15 is 0 Å². The second kappa shape index (κ2) is 4.94.